The molecule has 1 saturated carbocycles. The minimum Gasteiger partial charge on any atom is -0.387 e. The first-order valence-electron chi connectivity index (χ1n) is 5.39. The van der Waals surface area contributed by atoms with Crippen LogP contribution in [-0.4, -0.2) is 15.8 Å². The predicted octanol–water partition coefficient (Wildman–Crippen LogP) is 2.30. The van der Waals surface area contributed by atoms with Gasteiger partial charge in [0.1, 0.15) is 17.7 Å². The normalized spacial score (nSPS) is 21.0. The summed E-state index contributed by atoms with van der Waals surface area (Å²) in [4.78, 5) is 0. The smallest absolute Gasteiger partial charge is 0.132 e. The van der Waals surface area contributed by atoms with E-state index in [0.29, 0.717) is 12.8 Å². The number of aliphatic hydroxyl groups is 2. The molecule has 0 spiro atoms. The number of benzene rings is 1. The van der Waals surface area contributed by atoms with Crippen molar-refractivity contribution >= 4 is 0 Å². The first-order chi connectivity index (χ1) is 7.54. The largest absolute Gasteiger partial charge is 0.387 e. The lowest BCUT2D eigenvalue weighted by Crippen LogP contribution is -2.34. The third-order valence-electron chi connectivity index (χ3n) is 3.25. The van der Waals surface area contributed by atoms with Gasteiger partial charge in [-0.25, -0.2) is 8.78 Å². The van der Waals surface area contributed by atoms with Gasteiger partial charge in [0.05, 0.1) is 11.2 Å². The van der Waals surface area contributed by atoms with Gasteiger partial charge in [-0.2, -0.15) is 0 Å². The molecule has 1 aliphatic rings. The number of rotatable bonds is 2. The van der Waals surface area contributed by atoms with E-state index in [-0.39, 0.29) is 0 Å². The topological polar surface area (TPSA) is 40.5 Å². The van der Waals surface area contributed by atoms with E-state index in [0.717, 1.165) is 25.0 Å². The standard InChI is InChI=1S/C12H14F2O2/c13-8-4-3-5-9(14)10(8)11(15)12(16)6-1-2-7-12/h3-5,11,15-16H,1-2,6-7H2. The lowest BCUT2D eigenvalue weighted by atomic mass is 9.89. The van der Waals surface area contributed by atoms with Gasteiger partial charge >= 0.3 is 0 Å². The van der Waals surface area contributed by atoms with Gasteiger partial charge < -0.3 is 10.2 Å². The second kappa shape index (κ2) is 4.11. The summed E-state index contributed by atoms with van der Waals surface area (Å²) in [6.07, 6.45) is 0.799. The summed E-state index contributed by atoms with van der Waals surface area (Å²) in [6.45, 7) is 0. The molecule has 4 heteroatoms. The summed E-state index contributed by atoms with van der Waals surface area (Å²) in [5.41, 5.74) is -1.81. The summed E-state index contributed by atoms with van der Waals surface area (Å²) >= 11 is 0. The molecule has 2 N–H and O–H groups in total. The molecule has 1 aliphatic carbocycles. The van der Waals surface area contributed by atoms with E-state index in [1.165, 1.54) is 6.07 Å². The number of hydrogen-bond acceptors (Lipinski definition) is 2. The summed E-state index contributed by atoms with van der Waals surface area (Å²) in [5.74, 6) is -1.62. The highest BCUT2D eigenvalue weighted by atomic mass is 19.1. The van der Waals surface area contributed by atoms with E-state index in [1.807, 2.05) is 0 Å². The van der Waals surface area contributed by atoms with Crippen LogP contribution in [0.3, 0.4) is 0 Å². The Bertz CT molecular complexity index is 366. The van der Waals surface area contributed by atoms with Crippen molar-refractivity contribution < 1.29 is 19.0 Å². The highest BCUT2D eigenvalue weighted by Gasteiger charge is 2.41. The molecule has 0 saturated heterocycles. The fourth-order valence-corrected chi connectivity index (χ4v) is 2.30. The van der Waals surface area contributed by atoms with Crippen molar-refractivity contribution in [2.75, 3.05) is 0 Å². The van der Waals surface area contributed by atoms with Crippen molar-refractivity contribution in [1.29, 1.82) is 0 Å². The zero-order valence-corrected chi connectivity index (χ0v) is 8.79. The Morgan fingerprint density at radius 1 is 1.12 bits per heavy atom. The van der Waals surface area contributed by atoms with Gasteiger partial charge in [-0.3, -0.25) is 0 Å². The molecule has 0 heterocycles. The lowest BCUT2D eigenvalue weighted by Gasteiger charge is -2.29. The second-order valence-corrected chi connectivity index (χ2v) is 4.35. The third kappa shape index (κ3) is 1.83. The van der Waals surface area contributed by atoms with Gasteiger partial charge in [0.15, 0.2) is 0 Å². The Morgan fingerprint density at radius 2 is 1.62 bits per heavy atom. The van der Waals surface area contributed by atoms with E-state index in [2.05, 4.69) is 0 Å². The van der Waals surface area contributed by atoms with Crippen molar-refractivity contribution in [3.8, 4) is 0 Å². The Labute approximate surface area is 92.5 Å². The van der Waals surface area contributed by atoms with E-state index < -0.39 is 28.9 Å². The molecule has 0 amide bonds. The van der Waals surface area contributed by atoms with Gasteiger partial charge in [0.2, 0.25) is 0 Å². The van der Waals surface area contributed by atoms with Crippen LogP contribution in [0, 0.1) is 11.6 Å². The Hall–Kier alpha value is -1.00. The van der Waals surface area contributed by atoms with Gasteiger partial charge in [-0.05, 0) is 25.0 Å². The zero-order valence-electron chi connectivity index (χ0n) is 8.79. The van der Waals surface area contributed by atoms with Crippen molar-refractivity contribution in [1.82, 2.24) is 0 Å². The fraction of sp³-hybridized carbons (Fsp3) is 0.500. The van der Waals surface area contributed by atoms with Crippen LogP contribution in [0.15, 0.2) is 18.2 Å². The van der Waals surface area contributed by atoms with Crippen molar-refractivity contribution in [3.05, 3.63) is 35.4 Å². The van der Waals surface area contributed by atoms with Crippen LogP contribution in [-0.2, 0) is 0 Å². The second-order valence-electron chi connectivity index (χ2n) is 4.35. The maximum atomic E-state index is 13.4. The van der Waals surface area contributed by atoms with Crippen LogP contribution in [0.4, 0.5) is 8.78 Å². The Balaban J connectivity index is 2.36. The average molecular weight is 228 g/mol. The molecule has 2 nitrogen and oxygen atoms in total. The molecule has 1 unspecified atom stereocenters. The summed E-state index contributed by atoms with van der Waals surface area (Å²) in [6, 6.07) is 3.40. The van der Waals surface area contributed by atoms with Gasteiger partial charge in [-0.1, -0.05) is 18.9 Å². The zero-order chi connectivity index (χ0) is 11.8. The molecule has 0 radical (unpaired) electrons. The number of halogens is 2. The van der Waals surface area contributed by atoms with E-state index in [4.69, 9.17) is 0 Å². The molecule has 0 aliphatic heterocycles. The monoisotopic (exact) mass is 228 g/mol. The molecule has 2 rings (SSSR count). The highest BCUT2D eigenvalue weighted by molar-refractivity contribution is 5.24. The SMILES string of the molecule is OC(c1c(F)cccc1F)C1(O)CCCC1. The van der Waals surface area contributed by atoms with Crippen LogP contribution in [0.1, 0.15) is 37.4 Å². The molecule has 1 fully saturated rings. The van der Waals surface area contributed by atoms with Crippen LogP contribution in [0.2, 0.25) is 0 Å². The van der Waals surface area contributed by atoms with Gasteiger partial charge in [0, 0.05) is 0 Å². The molecule has 1 atom stereocenters. The summed E-state index contributed by atoms with van der Waals surface area (Å²) in [7, 11) is 0. The van der Waals surface area contributed by atoms with Crippen LogP contribution in [0.25, 0.3) is 0 Å². The van der Waals surface area contributed by atoms with Gasteiger partial charge in [0.25, 0.3) is 0 Å². The number of aliphatic hydroxyl groups excluding tert-OH is 1. The molecular weight excluding hydrogens is 214 g/mol. The van der Waals surface area contributed by atoms with E-state index >= 15 is 0 Å². The van der Waals surface area contributed by atoms with Crippen LogP contribution >= 0.6 is 0 Å². The Morgan fingerprint density at radius 3 is 2.12 bits per heavy atom. The maximum Gasteiger partial charge on any atom is 0.132 e. The maximum absolute atomic E-state index is 13.4. The molecule has 1 aromatic carbocycles. The fourth-order valence-electron chi connectivity index (χ4n) is 2.30. The Kier molecular flexibility index (Phi) is 2.95. The highest BCUT2D eigenvalue weighted by Crippen LogP contribution is 2.41. The minimum atomic E-state index is -1.49. The predicted molar refractivity (Wildman–Crippen MR) is 54.7 cm³/mol. The van der Waals surface area contributed by atoms with Crippen LogP contribution < -0.4 is 0 Å². The molecule has 0 aromatic heterocycles. The van der Waals surface area contributed by atoms with Crippen molar-refractivity contribution in [3.63, 3.8) is 0 Å². The summed E-state index contributed by atoms with van der Waals surface area (Å²) in [5, 5.41) is 20.0. The van der Waals surface area contributed by atoms with Crippen molar-refractivity contribution in [2.45, 2.75) is 37.4 Å². The molecule has 0 bridgehead atoms. The first-order valence-corrected chi connectivity index (χ1v) is 5.39. The van der Waals surface area contributed by atoms with Crippen molar-refractivity contribution in [2.24, 2.45) is 0 Å². The quantitative estimate of drug-likeness (QED) is 0.815. The van der Waals surface area contributed by atoms with E-state index in [9.17, 15) is 19.0 Å². The molecular formula is C12H14F2O2. The molecule has 16 heavy (non-hydrogen) atoms. The van der Waals surface area contributed by atoms with Gasteiger partial charge in [-0.15, -0.1) is 0 Å². The average Bonchev–Trinajstić information content (AvgIpc) is 2.66. The third-order valence-corrected chi connectivity index (χ3v) is 3.25. The minimum absolute atomic E-state index is 0.377. The molecule has 1 aromatic rings. The summed E-state index contributed by atoms with van der Waals surface area (Å²) < 4.78 is 26.8. The molecule has 88 valence electrons. The first kappa shape index (κ1) is 11.5. The number of hydrogen-bond donors (Lipinski definition) is 2. The van der Waals surface area contributed by atoms with E-state index in [1.54, 1.807) is 0 Å². The van der Waals surface area contributed by atoms with Crippen LogP contribution in [0.5, 0.6) is 0 Å². The lowest BCUT2D eigenvalue weighted by molar-refractivity contribution is -0.0748.